The number of benzene rings is 1. The van der Waals surface area contributed by atoms with Crippen LogP contribution in [0.1, 0.15) is 33.3 Å². The molecule has 0 atom stereocenters. The maximum absolute atomic E-state index is 6.00. The smallest absolute Gasteiger partial charge is 0.191 e. The van der Waals surface area contributed by atoms with E-state index in [2.05, 4.69) is 49.4 Å². The fraction of sp³-hybridized carbons (Fsp3) is 0.588. The molecule has 23 heavy (non-hydrogen) atoms. The van der Waals surface area contributed by atoms with E-state index in [1.165, 1.54) is 5.56 Å². The van der Waals surface area contributed by atoms with Crippen molar-refractivity contribution in [3.63, 3.8) is 0 Å². The molecule has 0 radical (unpaired) electrons. The molecule has 0 fully saturated rings. The summed E-state index contributed by atoms with van der Waals surface area (Å²) in [5, 5.41) is 6.47. The molecular formula is C17H28IN3O2. The van der Waals surface area contributed by atoms with Crippen LogP contribution in [0, 0.1) is 0 Å². The Hall–Kier alpha value is -1.18. The summed E-state index contributed by atoms with van der Waals surface area (Å²) in [5.74, 6) is 2.49. The van der Waals surface area contributed by atoms with Gasteiger partial charge in [0.05, 0.1) is 6.54 Å². The molecule has 0 saturated carbocycles. The zero-order valence-corrected chi connectivity index (χ0v) is 16.9. The molecule has 1 aromatic carbocycles. The van der Waals surface area contributed by atoms with Gasteiger partial charge in [-0.3, -0.25) is 4.99 Å². The summed E-state index contributed by atoms with van der Waals surface area (Å²) in [7, 11) is 1.76. The molecule has 0 aliphatic carbocycles. The highest BCUT2D eigenvalue weighted by atomic mass is 127. The summed E-state index contributed by atoms with van der Waals surface area (Å²) in [5.41, 5.74) is 1.07. The second kappa shape index (κ2) is 8.61. The van der Waals surface area contributed by atoms with E-state index in [1.807, 2.05) is 12.1 Å². The van der Waals surface area contributed by atoms with Gasteiger partial charge in [-0.25, -0.2) is 0 Å². The zero-order chi connectivity index (χ0) is 16.2. The molecule has 0 aromatic heterocycles. The summed E-state index contributed by atoms with van der Waals surface area (Å²) in [4.78, 5) is 4.16. The lowest BCUT2D eigenvalue weighted by molar-refractivity contribution is 0.132. The van der Waals surface area contributed by atoms with Gasteiger partial charge in [-0.05, 0) is 33.8 Å². The Morgan fingerprint density at radius 2 is 2.13 bits per heavy atom. The number of nitrogens with one attached hydrogen (secondary N) is 2. The number of halogens is 1. The second-order valence-electron chi connectivity index (χ2n) is 6.43. The fourth-order valence-corrected chi connectivity index (χ4v) is 2.50. The lowest BCUT2D eigenvalue weighted by Gasteiger charge is -2.18. The highest BCUT2D eigenvalue weighted by molar-refractivity contribution is 14.0. The van der Waals surface area contributed by atoms with Crippen molar-refractivity contribution in [1.29, 1.82) is 0 Å². The average molecular weight is 433 g/mol. The lowest BCUT2D eigenvalue weighted by Crippen LogP contribution is -2.42. The van der Waals surface area contributed by atoms with Crippen LogP contribution in [0.15, 0.2) is 23.2 Å². The quantitative estimate of drug-likeness (QED) is 0.325. The van der Waals surface area contributed by atoms with E-state index in [0.29, 0.717) is 19.2 Å². The van der Waals surface area contributed by atoms with Crippen LogP contribution in [0.5, 0.6) is 11.5 Å². The van der Waals surface area contributed by atoms with Gasteiger partial charge >= 0.3 is 0 Å². The van der Waals surface area contributed by atoms with E-state index in [9.17, 15) is 0 Å². The first-order valence-corrected chi connectivity index (χ1v) is 7.82. The molecule has 5 nitrogen and oxygen atoms in total. The van der Waals surface area contributed by atoms with E-state index >= 15 is 0 Å². The number of fused-ring (bicyclic) bond motifs is 1. The third-order valence-corrected chi connectivity index (χ3v) is 3.36. The molecule has 2 rings (SSSR count). The number of ether oxygens (including phenoxy) is 2. The van der Waals surface area contributed by atoms with Gasteiger partial charge < -0.3 is 20.1 Å². The van der Waals surface area contributed by atoms with Gasteiger partial charge in [0.1, 0.15) is 12.2 Å². The number of guanidine groups is 1. The molecule has 1 aliphatic heterocycles. The van der Waals surface area contributed by atoms with Crippen LogP contribution >= 0.6 is 24.0 Å². The number of nitrogens with zero attached hydrogens (tertiary/aromatic N) is 1. The van der Waals surface area contributed by atoms with Gasteiger partial charge in [0.2, 0.25) is 0 Å². The van der Waals surface area contributed by atoms with Crippen molar-refractivity contribution in [3.05, 3.63) is 23.8 Å². The molecule has 0 amide bonds. The number of aliphatic imine (C=N–C) groups is 1. The van der Waals surface area contributed by atoms with Crippen molar-refractivity contribution in [2.24, 2.45) is 4.99 Å². The number of para-hydroxylation sites is 1. The van der Waals surface area contributed by atoms with Crippen LogP contribution in [-0.2, 0) is 6.42 Å². The normalized spacial score (nSPS) is 15.5. The third kappa shape index (κ3) is 5.75. The maximum Gasteiger partial charge on any atom is 0.191 e. The SMILES string of the molecule is CN=C(NCCOc1cccc2c1OC(C)(C)C2)NC(C)C.I. The number of hydrogen-bond acceptors (Lipinski definition) is 3. The Morgan fingerprint density at radius 3 is 2.78 bits per heavy atom. The van der Waals surface area contributed by atoms with E-state index in [-0.39, 0.29) is 29.6 Å². The zero-order valence-electron chi connectivity index (χ0n) is 14.6. The molecule has 2 N–H and O–H groups in total. The van der Waals surface area contributed by atoms with Crippen LogP contribution in [0.4, 0.5) is 0 Å². The Labute approximate surface area is 156 Å². The molecule has 0 bridgehead atoms. The first-order chi connectivity index (χ1) is 10.4. The van der Waals surface area contributed by atoms with Gasteiger partial charge in [-0.1, -0.05) is 12.1 Å². The summed E-state index contributed by atoms with van der Waals surface area (Å²) in [6, 6.07) is 6.43. The molecule has 6 heteroatoms. The van der Waals surface area contributed by atoms with Gasteiger partial charge in [-0.15, -0.1) is 24.0 Å². The summed E-state index contributed by atoms with van der Waals surface area (Å²) < 4.78 is 11.9. The lowest BCUT2D eigenvalue weighted by atomic mass is 10.0. The maximum atomic E-state index is 6.00. The molecule has 1 heterocycles. The first-order valence-electron chi connectivity index (χ1n) is 7.82. The largest absolute Gasteiger partial charge is 0.488 e. The van der Waals surface area contributed by atoms with Crippen molar-refractivity contribution in [2.75, 3.05) is 20.2 Å². The van der Waals surface area contributed by atoms with E-state index in [0.717, 1.165) is 23.9 Å². The highest BCUT2D eigenvalue weighted by Gasteiger charge is 2.32. The summed E-state index contributed by atoms with van der Waals surface area (Å²) in [6.07, 6.45) is 0.919. The summed E-state index contributed by atoms with van der Waals surface area (Å²) >= 11 is 0. The van der Waals surface area contributed by atoms with Gasteiger partial charge in [0, 0.05) is 25.1 Å². The van der Waals surface area contributed by atoms with Crippen LogP contribution in [-0.4, -0.2) is 37.8 Å². The highest BCUT2D eigenvalue weighted by Crippen LogP contribution is 2.41. The Bertz CT molecular complexity index is 545. The predicted octanol–water partition coefficient (Wildman–Crippen LogP) is 2.97. The van der Waals surface area contributed by atoms with Crippen LogP contribution in [0.2, 0.25) is 0 Å². The van der Waals surface area contributed by atoms with Crippen molar-refractivity contribution in [3.8, 4) is 11.5 Å². The second-order valence-corrected chi connectivity index (χ2v) is 6.43. The van der Waals surface area contributed by atoms with Crippen LogP contribution in [0.3, 0.4) is 0 Å². The van der Waals surface area contributed by atoms with E-state index in [4.69, 9.17) is 9.47 Å². The van der Waals surface area contributed by atoms with Gasteiger partial charge in [-0.2, -0.15) is 0 Å². The van der Waals surface area contributed by atoms with Crippen LogP contribution in [0.25, 0.3) is 0 Å². The Balaban J connectivity index is 0.00000264. The monoisotopic (exact) mass is 433 g/mol. The minimum atomic E-state index is -0.150. The van der Waals surface area contributed by atoms with Gasteiger partial charge in [0.25, 0.3) is 0 Å². The third-order valence-electron chi connectivity index (χ3n) is 3.36. The molecule has 1 aliphatic rings. The van der Waals surface area contributed by atoms with Crippen molar-refractivity contribution in [1.82, 2.24) is 10.6 Å². The van der Waals surface area contributed by atoms with E-state index < -0.39 is 0 Å². The molecule has 1 aromatic rings. The predicted molar refractivity (Wildman–Crippen MR) is 105 cm³/mol. The Morgan fingerprint density at radius 1 is 1.39 bits per heavy atom. The number of rotatable bonds is 5. The first kappa shape index (κ1) is 19.9. The average Bonchev–Trinajstić information content (AvgIpc) is 2.76. The standard InChI is InChI=1S/C17H27N3O2.HI/c1-12(2)20-16(18-5)19-9-10-21-14-8-6-7-13-11-17(3,4)22-15(13)14;/h6-8,12H,9-11H2,1-5H3,(H2,18,19,20);1H. The minimum Gasteiger partial charge on any atom is -0.488 e. The molecule has 130 valence electrons. The van der Waals surface area contributed by atoms with E-state index in [1.54, 1.807) is 7.05 Å². The molecular weight excluding hydrogens is 405 g/mol. The Kier molecular flexibility index (Phi) is 7.44. The van der Waals surface area contributed by atoms with Crippen LogP contribution < -0.4 is 20.1 Å². The number of hydrogen-bond donors (Lipinski definition) is 2. The fourth-order valence-electron chi connectivity index (χ4n) is 2.50. The molecule has 0 unspecified atom stereocenters. The molecule has 0 saturated heterocycles. The van der Waals surface area contributed by atoms with Crippen molar-refractivity contribution >= 4 is 29.9 Å². The molecule has 0 spiro atoms. The van der Waals surface area contributed by atoms with Crippen molar-refractivity contribution in [2.45, 2.75) is 45.8 Å². The topological polar surface area (TPSA) is 54.9 Å². The summed E-state index contributed by atoms with van der Waals surface area (Å²) in [6.45, 7) is 9.59. The van der Waals surface area contributed by atoms with Crippen molar-refractivity contribution < 1.29 is 9.47 Å². The minimum absolute atomic E-state index is 0. The van der Waals surface area contributed by atoms with Gasteiger partial charge in [0.15, 0.2) is 17.5 Å².